The number of tetrazole rings is 1. The lowest BCUT2D eigenvalue weighted by atomic mass is 10.3. The van der Waals surface area contributed by atoms with E-state index in [0.29, 0.717) is 5.95 Å². The molecule has 92 valence electrons. The highest BCUT2D eigenvalue weighted by Gasteiger charge is 2.06. The van der Waals surface area contributed by atoms with Gasteiger partial charge in [0.15, 0.2) is 0 Å². The molecule has 0 aliphatic carbocycles. The molecule has 0 amide bonds. The molecular formula is C8H12N6O3. The van der Waals surface area contributed by atoms with Crippen LogP contribution in [0, 0.1) is 0 Å². The van der Waals surface area contributed by atoms with Crippen molar-refractivity contribution in [3.05, 3.63) is 30.5 Å². The molecule has 0 bridgehead atoms. The topological polar surface area (TPSA) is 167 Å². The molecule has 0 fully saturated rings. The van der Waals surface area contributed by atoms with Crippen molar-refractivity contribution in [2.24, 2.45) is 0 Å². The van der Waals surface area contributed by atoms with Gasteiger partial charge in [-0.3, -0.25) is 0 Å². The van der Waals surface area contributed by atoms with Gasteiger partial charge in [0.25, 0.3) is 5.95 Å². The van der Waals surface area contributed by atoms with Gasteiger partial charge in [0, 0.05) is 5.39 Å². The van der Waals surface area contributed by atoms with Gasteiger partial charge in [0.05, 0.1) is 11.7 Å². The summed E-state index contributed by atoms with van der Waals surface area (Å²) >= 11 is 0. The van der Waals surface area contributed by atoms with Crippen molar-refractivity contribution in [3.63, 3.8) is 0 Å². The molecule has 0 saturated heterocycles. The molecule has 0 atom stereocenters. The molecule has 3 aromatic rings. The minimum Gasteiger partial charge on any atom is -0.412 e. The number of para-hydroxylation sites is 1. The van der Waals surface area contributed by atoms with E-state index in [9.17, 15) is 0 Å². The van der Waals surface area contributed by atoms with Crippen molar-refractivity contribution < 1.29 is 16.4 Å². The number of aromatic amines is 1. The number of fused-ring (bicyclic) bond motifs is 1. The summed E-state index contributed by atoms with van der Waals surface area (Å²) < 4.78 is 1.64. The van der Waals surface area contributed by atoms with Gasteiger partial charge in [-0.25, -0.2) is 0 Å². The van der Waals surface area contributed by atoms with Crippen molar-refractivity contribution in [3.8, 4) is 5.95 Å². The van der Waals surface area contributed by atoms with Gasteiger partial charge < -0.3 is 16.4 Å². The smallest absolute Gasteiger partial charge is 0.290 e. The maximum Gasteiger partial charge on any atom is 0.290 e. The van der Waals surface area contributed by atoms with Gasteiger partial charge in [0.1, 0.15) is 0 Å². The maximum absolute atomic E-state index is 4.17. The molecule has 3 rings (SSSR count). The van der Waals surface area contributed by atoms with Crippen molar-refractivity contribution in [1.82, 2.24) is 30.4 Å². The van der Waals surface area contributed by atoms with Gasteiger partial charge in [-0.1, -0.05) is 23.3 Å². The molecular weight excluding hydrogens is 228 g/mol. The van der Waals surface area contributed by atoms with Crippen molar-refractivity contribution >= 4 is 10.9 Å². The second-order valence-electron chi connectivity index (χ2n) is 2.83. The van der Waals surface area contributed by atoms with E-state index in [4.69, 9.17) is 0 Å². The van der Waals surface area contributed by atoms with Crippen LogP contribution in [-0.2, 0) is 0 Å². The highest BCUT2D eigenvalue weighted by molar-refractivity contribution is 5.79. The minimum absolute atomic E-state index is 0. The zero-order valence-electron chi connectivity index (χ0n) is 8.62. The fraction of sp³-hybridized carbons (Fsp3) is 0. The number of rotatable bonds is 1. The number of hydrogen-bond donors (Lipinski definition) is 1. The molecule has 2 aromatic heterocycles. The van der Waals surface area contributed by atoms with Gasteiger partial charge in [-0.05, 0) is 11.3 Å². The summed E-state index contributed by atoms with van der Waals surface area (Å²) in [7, 11) is 0. The fourth-order valence-corrected chi connectivity index (χ4v) is 1.38. The summed E-state index contributed by atoms with van der Waals surface area (Å²) in [5.74, 6) is 0.450. The van der Waals surface area contributed by atoms with Gasteiger partial charge in [-0.15, -0.1) is 5.10 Å². The van der Waals surface area contributed by atoms with Crippen LogP contribution < -0.4 is 0 Å². The summed E-state index contributed by atoms with van der Waals surface area (Å²) in [6, 6.07) is 7.85. The van der Waals surface area contributed by atoms with E-state index >= 15 is 0 Å². The van der Waals surface area contributed by atoms with Gasteiger partial charge in [-0.2, -0.15) is 15.0 Å². The number of nitrogens with zero attached hydrogens (tertiary/aromatic N) is 5. The van der Waals surface area contributed by atoms with Crippen LogP contribution in [0.1, 0.15) is 0 Å². The Labute approximate surface area is 95.0 Å². The Kier molecular flexibility index (Phi) is 4.87. The molecule has 0 radical (unpaired) electrons. The first-order chi connectivity index (χ1) is 6.95. The number of aromatic nitrogens is 6. The minimum atomic E-state index is 0. The SMILES string of the molecule is O.O.O.c1ccc2c(c1)cnn2-c1nn[nH]n1. The summed E-state index contributed by atoms with van der Waals surface area (Å²) in [6.07, 6.45) is 1.77. The normalized spacial score (nSPS) is 8.94. The Balaban J connectivity index is 0.000000853. The highest BCUT2D eigenvalue weighted by Crippen LogP contribution is 2.14. The van der Waals surface area contributed by atoms with Crippen LogP contribution in [0.25, 0.3) is 16.9 Å². The van der Waals surface area contributed by atoms with E-state index in [0.717, 1.165) is 10.9 Å². The van der Waals surface area contributed by atoms with E-state index in [1.807, 2.05) is 24.3 Å². The van der Waals surface area contributed by atoms with E-state index < -0.39 is 0 Å². The summed E-state index contributed by atoms with van der Waals surface area (Å²) in [5, 5.41) is 18.8. The average Bonchev–Trinajstić information content (AvgIpc) is 2.85. The Hall–Kier alpha value is -2.36. The van der Waals surface area contributed by atoms with Crippen LogP contribution in [0.15, 0.2) is 30.5 Å². The Morgan fingerprint density at radius 2 is 1.82 bits per heavy atom. The molecule has 0 spiro atoms. The highest BCUT2D eigenvalue weighted by atomic mass is 16.0. The Morgan fingerprint density at radius 1 is 1.06 bits per heavy atom. The molecule has 0 saturated carbocycles. The molecule has 0 aliphatic rings. The van der Waals surface area contributed by atoms with Gasteiger partial charge in [0.2, 0.25) is 0 Å². The average molecular weight is 240 g/mol. The molecule has 1 aromatic carbocycles. The summed E-state index contributed by atoms with van der Waals surface area (Å²) in [4.78, 5) is 0. The van der Waals surface area contributed by atoms with Crippen molar-refractivity contribution in [1.29, 1.82) is 0 Å². The third kappa shape index (κ3) is 2.25. The summed E-state index contributed by atoms with van der Waals surface area (Å²) in [6.45, 7) is 0. The third-order valence-corrected chi connectivity index (χ3v) is 2.00. The number of benzene rings is 1. The van der Waals surface area contributed by atoms with E-state index in [1.165, 1.54) is 0 Å². The first-order valence-electron chi connectivity index (χ1n) is 4.12. The third-order valence-electron chi connectivity index (χ3n) is 2.00. The molecule has 9 nitrogen and oxygen atoms in total. The van der Waals surface area contributed by atoms with Crippen molar-refractivity contribution in [2.75, 3.05) is 0 Å². The second kappa shape index (κ2) is 5.65. The molecule has 0 aliphatic heterocycles. The predicted molar refractivity (Wildman–Crippen MR) is 59.6 cm³/mol. The molecule has 7 N–H and O–H groups in total. The van der Waals surface area contributed by atoms with E-state index in [-0.39, 0.29) is 16.4 Å². The fourth-order valence-electron chi connectivity index (χ4n) is 1.38. The maximum atomic E-state index is 4.17. The van der Waals surface area contributed by atoms with Crippen LogP contribution in [0.4, 0.5) is 0 Å². The number of nitrogens with one attached hydrogen (secondary N) is 1. The quantitative estimate of drug-likeness (QED) is 0.522. The second-order valence-corrected chi connectivity index (χ2v) is 2.83. The molecule has 17 heavy (non-hydrogen) atoms. The monoisotopic (exact) mass is 240 g/mol. The van der Waals surface area contributed by atoms with Crippen LogP contribution in [0.2, 0.25) is 0 Å². The largest absolute Gasteiger partial charge is 0.412 e. The van der Waals surface area contributed by atoms with Crippen LogP contribution in [-0.4, -0.2) is 46.8 Å². The van der Waals surface area contributed by atoms with Gasteiger partial charge >= 0.3 is 0 Å². The van der Waals surface area contributed by atoms with Crippen molar-refractivity contribution in [2.45, 2.75) is 0 Å². The Morgan fingerprint density at radius 3 is 2.53 bits per heavy atom. The van der Waals surface area contributed by atoms with Crippen LogP contribution in [0.5, 0.6) is 0 Å². The molecule has 2 heterocycles. The van der Waals surface area contributed by atoms with E-state index in [1.54, 1.807) is 10.9 Å². The molecule has 0 unspecified atom stereocenters. The number of hydrogen-bond acceptors (Lipinski definition) is 4. The summed E-state index contributed by atoms with van der Waals surface area (Å²) in [5.41, 5.74) is 0.967. The first-order valence-corrected chi connectivity index (χ1v) is 4.12. The zero-order chi connectivity index (χ0) is 9.38. The lowest BCUT2D eigenvalue weighted by Gasteiger charge is -1.94. The zero-order valence-corrected chi connectivity index (χ0v) is 8.62. The molecule has 9 heteroatoms. The lowest BCUT2D eigenvalue weighted by Crippen LogP contribution is -1.98. The lowest BCUT2D eigenvalue weighted by molar-refractivity contribution is 0.823. The first kappa shape index (κ1) is 14.6. The number of H-pyrrole nitrogens is 1. The van der Waals surface area contributed by atoms with Crippen LogP contribution in [0.3, 0.4) is 0 Å². The Bertz CT molecular complexity index is 563. The standard InChI is InChI=1S/C8H6N6.3H2O/c1-2-4-7-6(3-1)5-9-14(7)8-10-12-13-11-8;;;/h1-5H,(H,10,11,12,13);3*1H2. The predicted octanol–water partition coefficient (Wildman–Crippen LogP) is -1.94. The van der Waals surface area contributed by atoms with Crippen LogP contribution >= 0.6 is 0 Å². The van der Waals surface area contributed by atoms with E-state index in [2.05, 4.69) is 25.7 Å².